The molecule has 0 aliphatic carbocycles. The molecule has 0 aliphatic heterocycles. The van der Waals surface area contributed by atoms with Gasteiger partial charge in [0.2, 0.25) is 0 Å². The van der Waals surface area contributed by atoms with Gasteiger partial charge in [-0.3, -0.25) is 0 Å². The second-order valence-electron chi connectivity index (χ2n) is 4.50. The van der Waals surface area contributed by atoms with Crippen molar-refractivity contribution in [3.63, 3.8) is 0 Å². The number of nitrogens with one attached hydrogen (secondary N) is 1. The molecule has 0 heterocycles. The molecule has 0 fully saturated rings. The van der Waals surface area contributed by atoms with E-state index in [9.17, 15) is 0 Å². The summed E-state index contributed by atoms with van der Waals surface area (Å²) < 4.78 is 0. The lowest BCUT2D eigenvalue weighted by molar-refractivity contribution is 0.799. The van der Waals surface area contributed by atoms with Crippen LogP contribution in [0.25, 0.3) is 0 Å². The number of rotatable bonds is 5. The summed E-state index contributed by atoms with van der Waals surface area (Å²) >= 11 is 0. The summed E-state index contributed by atoms with van der Waals surface area (Å²) in [6, 6.07) is 19.2. The third-order valence-electron chi connectivity index (χ3n) is 2.96. The van der Waals surface area contributed by atoms with Gasteiger partial charge < -0.3 is 5.32 Å². The van der Waals surface area contributed by atoms with Gasteiger partial charge in [-0.1, -0.05) is 48.5 Å². The van der Waals surface area contributed by atoms with Gasteiger partial charge in [0.1, 0.15) is 0 Å². The molecule has 2 aromatic carbocycles. The molecule has 0 aliphatic rings. The summed E-state index contributed by atoms with van der Waals surface area (Å²) in [5.41, 5.74) is 3.72. The number of hydrogen-bond acceptors (Lipinski definition) is 1. The maximum Gasteiger partial charge on any atom is 0.0548 e. The molecular formula is C17H19N. The number of benzene rings is 2. The number of anilines is 1. The van der Waals surface area contributed by atoms with E-state index >= 15 is 0 Å². The first-order chi connectivity index (χ1) is 8.79. The average Bonchev–Trinajstić information content (AvgIpc) is 2.39. The largest absolute Gasteiger partial charge is 0.378 e. The maximum absolute atomic E-state index is 3.85. The monoisotopic (exact) mass is 237 g/mol. The smallest absolute Gasteiger partial charge is 0.0548 e. The van der Waals surface area contributed by atoms with Gasteiger partial charge in [-0.05, 0) is 36.6 Å². The number of hydrogen-bond donors (Lipinski definition) is 1. The summed E-state index contributed by atoms with van der Waals surface area (Å²) in [5.74, 6) is 0. The summed E-state index contributed by atoms with van der Waals surface area (Å²) in [7, 11) is 0. The van der Waals surface area contributed by atoms with E-state index in [1.807, 2.05) is 12.1 Å². The highest BCUT2D eigenvalue weighted by Gasteiger charge is 2.08. The van der Waals surface area contributed by atoms with Crippen molar-refractivity contribution in [2.45, 2.75) is 19.4 Å². The molecule has 0 saturated heterocycles. The molecule has 1 atom stereocenters. The average molecular weight is 237 g/mol. The van der Waals surface area contributed by atoms with Crippen LogP contribution in [0.15, 0.2) is 67.3 Å². The van der Waals surface area contributed by atoms with Crippen molar-refractivity contribution in [2.75, 3.05) is 5.32 Å². The Labute approximate surface area is 109 Å². The summed E-state index contributed by atoms with van der Waals surface area (Å²) in [4.78, 5) is 0. The van der Waals surface area contributed by atoms with E-state index in [0.29, 0.717) is 0 Å². The van der Waals surface area contributed by atoms with Gasteiger partial charge >= 0.3 is 0 Å². The van der Waals surface area contributed by atoms with E-state index in [4.69, 9.17) is 0 Å². The van der Waals surface area contributed by atoms with Crippen LogP contribution in [0.5, 0.6) is 0 Å². The highest BCUT2D eigenvalue weighted by molar-refractivity contribution is 5.47. The fraction of sp³-hybridized carbons (Fsp3) is 0.176. The van der Waals surface area contributed by atoms with E-state index < -0.39 is 0 Å². The fourth-order valence-corrected chi connectivity index (χ4v) is 2.07. The molecule has 1 N–H and O–H groups in total. The van der Waals surface area contributed by atoms with Gasteiger partial charge in [0, 0.05) is 5.69 Å². The highest BCUT2D eigenvalue weighted by Crippen LogP contribution is 2.23. The Kier molecular flexibility index (Phi) is 4.19. The summed E-state index contributed by atoms with van der Waals surface area (Å²) in [5, 5.41) is 3.57. The SMILES string of the molecule is C=CCC(Nc1cccc(C)c1)c1ccccc1. The molecule has 0 aromatic heterocycles. The summed E-state index contributed by atoms with van der Waals surface area (Å²) in [6.07, 6.45) is 2.87. The van der Waals surface area contributed by atoms with Gasteiger partial charge in [-0.2, -0.15) is 0 Å². The van der Waals surface area contributed by atoms with E-state index in [1.165, 1.54) is 11.1 Å². The molecule has 1 heteroatoms. The zero-order valence-electron chi connectivity index (χ0n) is 10.8. The second kappa shape index (κ2) is 6.06. The standard InChI is InChI=1S/C17H19N/c1-3-8-17(15-10-5-4-6-11-15)18-16-12-7-9-14(2)13-16/h3-7,9-13,17-18H,1,8H2,2H3. The van der Waals surface area contributed by atoms with Crippen LogP contribution >= 0.6 is 0 Å². The van der Waals surface area contributed by atoms with Gasteiger partial charge in [-0.25, -0.2) is 0 Å². The van der Waals surface area contributed by atoms with E-state index in [1.54, 1.807) is 0 Å². The molecule has 0 radical (unpaired) electrons. The molecule has 2 aromatic rings. The molecule has 1 nitrogen and oxygen atoms in total. The fourth-order valence-electron chi connectivity index (χ4n) is 2.07. The van der Waals surface area contributed by atoms with Crippen LogP contribution in [0, 0.1) is 6.92 Å². The molecule has 18 heavy (non-hydrogen) atoms. The van der Waals surface area contributed by atoms with Gasteiger partial charge in [-0.15, -0.1) is 6.58 Å². The molecule has 2 rings (SSSR count). The Morgan fingerprint density at radius 2 is 1.89 bits per heavy atom. The molecule has 0 amide bonds. The lowest BCUT2D eigenvalue weighted by atomic mass is 10.0. The Morgan fingerprint density at radius 1 is 1.11 bits per heavy atom. The third kappa shape index (κ3) is 3.24. The highest BCUT2D eigenvalue weighted by atomic mass is 14.9. The lowest BCUT2D eigenvalue weighted by Crippen LogP contribution is -2.09. The predicted octanol–water partition coefficient (Wildman–Crippen LogP) is 4.72. The molecule has 92 valence electrons. The lowest BCUT2D eigenvalue weighted by Gasteiger charge is -2.19. The van der Waals surface area contributed by atoms with E-state index in [-0.39, 0.29) is 6.04 Å². The first-order valence-corrected chi connectivity index (χ1v) is 6.28. The Hall–Kier alpha value is -2.02. The predicted molar refractivity (Wildman–Crippen MR) is 78.8 cm³/mol. The molecular weight excluding hydrogens is 218 g/mol. The number of aryl methyl sites for hydroxylation is 1. The summed E-state index contributed by atoms with van der Waals surface area (Å²) in [6.45, 7) is 5.95. The first-order valence-electron chi connectivity index (χ1n) is 6.28. The minimum Gasteiger partial charge on any atom is -0.378 e. The minimum absolute atomic E-state index is 0.283. The van der Waals surface area contributed by atoms with Crippen molar-refractivity contribution in [2.24, 2.45) is 0 Å². The van der Waals surface area contributed by atoms with E-state index in [0.717, 1.165) is 12.1 Å². The second-order valence-corrected chi connectivity index (χ2v) is 4.50. The molecule has 0 saturated carbocycles. The molecule has 0 spiro atoms. The van der Waals surface area contributed by atoms with Crippen LogP contribution in [0.3, 0.4) is 0 Å². The van der Waals surface area contributed by atoms with Crippen LogP contribution < -0.4 is 5.32 Å². The van der Waals surface area contributed by atoms with Gasteiger partial charge in [0.25, 0.3) is 0 Å². The van der Waals surface area contributed by atoms with Crippen LogP contribution in [-0.2, 0) is 0 Å². The first kappa shape index (κ1) is 12.4. The van der Waals surface area contributed by atoms with Crippen molar-refractivity contribution in [1.82, 2.24) is 0 Å². The normalized spacial score (nSPS) is 11.8. The van der Waals surface area contributed by atoms with Crippen LogP contribution in [0.4, 0.5) is 5.69 Å². The zero-order chi connectivity index (χ0) is 12.8. The Balaban J connectivity index is 2.19. The van der Waals surface area contributed by atoms with Crippen molar-refractivity contribution in [3.8, 4) is 0 Å². The molecule has 0 bridgehead atoms. The minimum atomic E-state index is 0.283. The van der Waals surface area contributed by atoms with Gasteiger partial charge in [0.15, 0.2) is 0 Å². The molecule has 1 unspecified atom stereocenters. The Bertz CT molecular complexity index is 502. The zero-order valence-corrected chi connectivity index (χ0v) is 10.8. The van der Waals surface area contributed by atoms with Gasteiger partial charge in [0.05, 0.1) is 6.04 Å². The maximum atomic E-state index is 3.85. The third-order valence-corrected chi connectivity index (χ3v) is 2.96. The van der Waals surface area contributed by atoms with Crippen LogP contribution in [-0.4, -0.2) is 0 Å². The topological polar surface area (TPSA) is 12.0 Å². The van der Waals surface area contributed by atoms with Crippen molar-refractivity contribution < 1.29 is 0 Å². The Morgan fingerprint density at radius 3 is 2.56 bits per heavy atom. The quantitative estimate of drug-likeness (QED) is 0.742. The van der Waals surface area contributed by atoms with Crippen molar-refractivity contribution in [1.29, 1.82) is 0 Å². The van der Waals surface area contributed by atoms with Crippen LogP contribution in [0.1, 0.15) is 23.6 Å². The van der Waals surface area contributed by atoms with Crippen molar-refractivity contribution in [3.05, 3.63) is 78.4 Å². The van der Waals surface area contributed by atoms with Crippen molar-refractivity contribution >= 4 is 5.69 Å². The van der Waals surface area contributed by atoms with E-state index in [2.05, 4.69) is 67.4 Å². The van der Waals surface area contributed by atoms with Crippen LogP contribution in [0.2, 0.25) is 0 Å².